The van der Waals surface area contributed by atoms with Gasteiger partial charge < -0.3 is 0 Å². The van der Waals surface area contributed by atoms with Gasteiger partial charge in [0, 0.05) is 0 Å². The Hall–Kier alpha value is -1.93. The van der Waals surface area contributed by atoms with Gasteiger partial charge in [0.25, 0.3) is 10.0 Å². The lowest BCUT2D eigenvalue weighted by atomic mass is 10.3. The molecule has 0 saturated heterocycles. The first kappa shape index (κ1) is 15.0. The highest BCUT2D eigenvalue weighted by atomic mass is 79.9. The van der Waals surface area contributed by atoms with Gasteiger partial charge in [0.2, 0.25) is 0 Å². The molecule has 8 heteroatoms. The van der Waals surface area contributed by atoms with Crippen LogP contribution in [0.15, 0.2) is 52.1 Å². The van der Waals surface area contributed by atoms with Crippen LogP contribution in [0.5, 0.6) is 0 Å². The largest absolute Gasteiger partial charge is 0.286 e. The van der Waals surface area contributed by atoms with Gasteiger partial charge in [0.05, 0.1) is 33.9 Å². The lowest BCUT2D eigenvalue weighted by molar-refractivity contribution is 0.578. The summed E-state index contributed by atoms with van der Waals surface area (Å²) in [5.74, 6) is 0. The first-order chi connectivity index (χ1) is 10.4. The number of hydrogen-bond donors (Lipinski definition) is 0. The SMILES string of the molecule is Cc1nn(-c2ccccc2)c(C)c1S(=O)(=O)n1cc(Br)cn1. The minimum absolute atomic E-state index is 0.173. The molecule has 0 bridgehead atoms. The molecule has 0 spiro atoms. The highest BCUT2D eigenvalue weighted by molar-refractivity contribution is 9.10. The first-order valence-electron chi connectivity index (χ1n) is 6.48. The highest BCUT2D eigenvalue weighted by Crippen LogP contribution is 2.25. The van der Waals surface area contributed by atoms with E-state index in [0.29, 0.717) is 15.9 Å². The van der Waals surface area contributed by atoms with Crippen LogP contribution in [-0.4, -0.2) is 27.4 Å². The molecule has 0 N–H and O–H groups in total. The molecule has 0 radical (unpaired) electrons. The van der Waals surface area contributed by atoms with E-state index in [2.05, 4.69) is 26.1 Å². The van der Waals surface area contributed by atoms with Crippen LogP contribution in [0.2, 0.25) is 0 Å². The Labute approximate surface area is 136 Å². The molecule has 2 aromatic heterocycles. The number of para-hydroxylation sites is 1. The van der Waals surface area contributed by atoms with E-state index in [-0.39, 0.29) is 4.90 Å². The fourth-order valence-electron chi connectivity index (χ4n) is 2.33. The summed E-state index contributed by atoms with van der Waals surface area (Å²) in [4.78, 5) is 0.173. The molecule has 6 nitrogen and oxygen atoms in total. The van der Waals surface area contributed by atoms with Crippen molar-refractivity contribution in [1.29, 1.82) is 0 Å². The lowest BCUT2D eigenvalue weighted by Gasteiger charge is -2.06. The average Bonchev–Trinajstić information content (AvgIpc) is 3.04. The molecule has 0 fully saturated rings. The lowest BCUT2D eigenvalue weighted by Crippen LogP contribution is -2.15. The van der Waals surface area contributed by atoms with Crippen LogP contribution in [0.25, 0.3) is 5.69 Å². The van der Waals surface area contributed by atoms with Crippen molar-refractivity contribution >= 4 is 26.0 Å². The van der Waals surface area contributed by atoms with E-state index in [9.17, 15) is 8.42 Å². The third-order valence-electron chi connectivity index (χ3n) is 3.26. The van der Waals surface area contributed by atoms with Gasteiger partial charge in [-0.25, -0.2) is 4.68 Å². The molecule has 0 aliphatic rings. The molecule has 3 rings (SSSR count). The van der Waals surface area contributed by atoms with E-state index in [1.54, 1.807) is 18.5 Å². The summed E-state index contributed by atoms with van der Waals surface area (Å²) in [6.45, 7) is 3.41. The Bertz CT molecular complexity index is 929. The van der Waals surface area contributed by atoms with E-state index in [0.717, 1.165) is 9.77 Å². The minimum Gasteiger partial charge on any atom is -0.236 e. The van der Waals surface area contributed by atoms with Gasteiger partial charge in [-0.15, -0.1) is 0 Å². The third kappa shape index (κ3) is 2.38. The highest BCUT2D eigenvalue weighted by Gasteiger charge is 2.27. The fourth-order valence-corrected chi connectivity index (χ4v) is 4.24. The van der Waals surface area contributed by atoms with Crippen LogP contribution in [0.1, 0.15) is 11.4 Å². The fraction of sp³-hybridized carbons (Fsp3) is 0.143. The van der Waals surface area contributed by atoms with Crippen LogP contribution >= 0.6 is 15.9 Å². The van der Waals surface area contributed by atoms with Crippen LogP contribution in [-0.2, 0) is 10.0 Å². The van der Waals surface area contributed by atoms with Crippen molar-refractivity contribution in [2.45, 2.75) is 18.7 Å². The Balaban J connectivity index is 2.19. The van der Waals surface area contributed by atoms with Crippen molar-refractivity contribution in [3.8, 4) is 5.69 Å². The van der Waals surface area contributed by atoms with Crippen molar-refractivity contribution in [1.82, 2.24) is 19.0 Å². The van der Waals surface area contributed by atoms with E-state index in [1.807, 2.05) is 30.3 Å². The molecule has 114 valence electrons. The van der Waals surface area contributed by atoms with Crippen LogP contribution in [0.4, 0.5) is 0 Å². The van der Waals surface area contributed by atoms with Crippen molar-refractivity contribution in [3.63, 3.8) is 0 Å². The Morgan fingerprint density at radius 2 is 1.82 bits per heavy atom. The zero-order valence-electron chi connectivity index (χ0n) is 11.9. The standard InChI is InChI=1S/C14H13BrN4O2S/c1-10-14(22(20,21)18-9-12(15)8-16-18)11(2)19(17-10)13-6-4-3-5-7-13/h3-9H,1-2H3. The van der Waals surface area contributed by atoms with Gasteiger partial charge in [-0.1, -0.05) is 18.2 Å². The molecule has 0 amide bonds. The van der Waals surface area contributed by atoms with Gasteiger partial charge in [0.1, 0.15) is 4.90 Å². The van der Waals surface area contributed by atoms with Gasteiger partial charge in [-0.2, -0.15) is 22.7 Å². The number of halogens is 1. The minimum atomic E-state index is -3.77. The van der Waals surface area contributed by atoms with Crippen LogP contribution in [0.3, 0.4) is 0 Å². The molecule has 3 aromatic rings. The van der Waals surface area contributed by atoms with Crippen molar-refractivity contribution in [3.05, 3.63) is 58.6 Å². The number of hydrogen-bond acceptors (Lipinski definition) is 4. The second-order valence-corrected chi connectivity index (χ2v) is 7.43. The van der Waals surface area contributed by atoms with E-state index >= 15 is 0 Å². The van der Waals surface area contributed by atoms with Gasteiger partial charge in [-0.3, -0.25) is 0 Å². The molecule has 0 atom stereocenters. The zero-order chi connectivity index (χ0) is 15.9. The van der Waals surface area contributed by atoms with E-state index in [1.165, 1.54) is 12.4 Å². The molecule has 2 heterocycles. The van der Waals surface area contributed by atoms with Gasteiger partial charge in [-0.05, 0) is 41.9 Å². The molecule has 0 aliphatic carbocycles. The predicted octanol–water partition coefficient (Wildman–Crippen LogP) is 2.69. The Morgan fingerprint density at radius 1 is 1.14 bits per heavy atom. The summed E-state index contributed by atoms with van der Waals surface area (Å²) < 4.78 is 28.7. The molecule has 0 saturated carbocycles. The first-order valence-corrected chi connectivity index (χ1v) is 8.72. The van der Waals surface area contributed by atoms with E-state index in [4.69, 9.17) is 0 Å². The summed E-state index contributed by atoms with van der Waals surface area (Å²) in [7, 11) is -3.77. The average molecular weight is 381 g/mol. The summed E-state index contributed by atoms with van der Waals surface area (Å²) in [6, 6.07) is 9.41. The van der Waals surface area contributed by atoms with Crippen molar-refractivity contribution in [2.24, 2.45) is 0 Å². The predicted molar refractivity (Wildman–Crippen MR) is 85.5 cm³/mol. The van der Waals surface area contributed by atoms with Crippen molar-refractivity contribution < 1.29 is 8.42 Å². The molecule has 0 aliphatic heterocycles. The molecule has 0 unspecified atom stereocenters. The Morgan fingerprint density at radius 3 is 2.41 bits per heavy atom. The summed E-state index contributed by atoms with van der Waals surface area (Å²) >= 11 is 3.21. The maximum absolute atomic E-state index is 12.8. The van der Waals surface area contributed by atoms with E-state index < -0.39 is 10.0 Å². The molecular weight excluding hydrogens is 368 g/mol. The summed E-state index contributed by atoms with van der Waals surface area (Å²) in [5.41, 5.74) is 1.80. The van der Waals surface area contributed by atoms with Gasteiger partial charge >= 0.3 is 0 Å². The molecule has 1 aromatic carbocycles. The van der Waals surface area contributed by atoms with Crippen molar-refractivity contribution in [2.75, 3.05) is 0 Å². The van der Waals surface area contributed by atoms with Crippen LogP contribution in [0, 0.1) is 13.8 Å². The monoisotopic (exact) mass is 380 g/mol. The number of rotatable bonds is 3. The molecular formula is C14H13BrN4O2S. The summed E-state index contributed by atoms with van der Waals surface area (Å²) in [6.07, 6.45) is 2.85. The quantitative estimate of drug-likeness (QED) is 0.700. The number of nitrogens with zero attached hydrogens (tertiary/aromatic N) is 4. The second-order valence-electron chi connectivity index (χ2n) is 4.78. The maximum Gasteiger partial charge on any atom is 0.286 e. The number of aromatic nitrogens is 4. The third-order valence-corrected chi connectivity index (χ3v) is 5.47. The Kier molecular flexibility index (Phi) is 3.65. The number of benzene rings is 1. The molecule has 22 heavy (non-hydrogen) atoms. The second kappa shape index (κ2) is 5.36. The topological polar surface area (TPSA) is 69.8 Å². The zero-order valence-corrected chi connectivity index (χ0v) is 14.3. The van der Waals surface area contributed by atoms with Crippen LogP contribution < -0.4 is 0 Å². The normalized spacial score (nSPS) is 11.8. The number of aryl methyl sites for hydroxylation is 1. The smallest absolute Gasteiger partial charge is 0.236 e. The maximum atomic E-state index is 12.8. The summed E-state index contributed by atoms with van der Waals surface area (Å²) in [5, 5.41) is 8.24. The van der Waals surface area contributed by atoms with Gasteiger partial charge in [0.15, 0.2) is 0 Å².